The lowest BCUT2D eigenvalue weighted by Gasteiger charge is -2.37. The molecule has 1 aliphatic heterocycles. The molecule has 6 nitrogen and oxygen atoms in total. The predicted octanol–water partition coefficient (Wildman–Crippen LogP) is 4.96. The molecule has 1 saturated heterocycles. The average molecular weight is 521 g/mol. The third-order valence-electron chi connectivity index (χ3n) is 5.00. The number of aryl methyl sites for hydroxylation is 1. The number of carbonyl (C=O) groups is 1. The van der Waals surface area contributed by atoms with E-state index in [0.29, 0.717) is 18.1 Å². The van der Waals surface area contributed by atoms with E-state index < -0.39 is 0 Å². The van der Waals surface area contributed by atoms with Crippen molar-refractivity contribution in [3.8, 4) is 11.5 Å². The number of thiocarbonyl (C=S) groups is 1. The van der Waals surface area contributed by atoms with Gasteiger partial charge in [0.05, 0.1) is 18.8 Å². The zero-order valence-electron chi connectivity index (χ0n) is 18.8. The third kappa shape index (κ3) is 6.43. The fraction of sp³-hybridized carbons (Fsp3) is 0.417. The number of amides is 1. The van der Waals surface area contributed by atoms with E-state index in [1.807, 2.05) is 44.2 Å². The fourth-order valence-electron chi connectivity index (χ4n) is 3.62. The van der Waals surface area contributed by atoms with Crippen molar-refractivity contribution in [1.29, 1.82) is 0 Å². The fourth-order valence-corrected chi connectivity index (χ4v) is 4.14. The van der Waals surface area contributed by atoms with Crippen molar-refractivity contribution in [2.45, 2.75) is 39.9 Å². The van der Waals surface area contributed by atoms with Crippen molar-refractivity contribution in [3.63, 3.8) is 0 Å². The zero-order chi connectivity index (χ0) is 23.3. The molecular weight excluding hydrogens is 492 g/mol. The number of carbonyl (C=O) groups excluding carboxylic acids is 1. The lowest BCUT2D eigenvalue weighted by molar-refractivity contribution is -0.118. The van der Waals surface area contributed by atoms with Crippen LogP contribution in [0.25, 0.3) is 0 Å². The third-order valence-corrected chi connectivity index (χ3v) is 6.38. The Morgan fingerprint density at radius 1 is 1.16 bits per heavy atom. The number of halogens is 1. The molecule has 2 aromatic rings. The molecule has 0 spiro atoms. The Morgan fingerprint density at radius 2 is 1.88 bits per heavy atom. The highest BCUT2D eigenvalue weighted by Crippen LogP contribution is 2.30. The lowest BCUT2D eigenvalue weighted by Crippen LogP contribution is -2.47. The van der Waals surface area contributed by atoms with E-state index in [9.17, 15) is 4.79 Å². The van der Waals surface area contributed by atoms with Crippen molar-refractivity contribution < 1.29 is 19.0 Å². The van der Waals surface area contributed by atoms with Gasteiger partial charge < -0.3 is 24.4 Å². The first-order valence-electron chi connectivity index (χ1n) is 10.7. The molecule has 0 aliphatic carbocycles. The van der Waals surface area contributed by atoms with Crippen LogP contribution in [0.3, 0.4) is 0 Å². The van der Waals surface area contributed by atoms with Crippen molar-refractivity contribution in [2.75, 3.05) is 31.6 Å². The van der Waals surface area contributed by atoms with Gasteiger partial charge in [-0.1, -0.05) is 28.1 Å². The minimum atomic E-state index is -0.245. The molecule has 0 unspecified atom stereocenters. The summed E-state index contributed by atoms with van der Waals surface area (Å²) in [6.45, 7) is 9.82. The van der Waals surface area contributed by atoms with Crippen LogP contribution < -0.4 is 14.8 Å². The largest absolute Gasteiger partial charge is 0.490 e. The number of nitrogens with one attached hydrogen (secondary N) is 1. The summed E-state index contributed by atoms with van der Waals surface area (Å²) in [6.07, 6.45) is 0.248. The summed E-state index contributed by atoms with van der Waals surface area (Å²) >= 11 is 9.20. The molecule has 1 aliphatic rings. The SMILES string of the molecule is CCOc1cc(C(=S)N2C[C@@H](C)O[C@H](C)C2)ccc1OCC(=O)Nc1ccc(Br)c(C)c1. The highest BCUT2D eigenvalue weighted by molar-refractivity contribution is 9.10. The van der Waals surface area contributed by atoms with Gasteiger partial charge in [-0.25, -0.2) is 0 Å². The number of morpholine rings is 1. The monoisotopic (exact) mass is 520 g/mol. The summed E-state index contributed by atoms with van der Waals surface area (Å²) < 4.78 is 18.3. The molecule has 1 N–H and O–H groups in total. The molecule has 32 heavy (non-hydrogen) atoms. The van der Waals surface area contributed by atoms with Crippen molar-refractivity contribution in [3.05, 3.63) is 52.0 Å². The Labute approximate surface area is 203 Å². The van der Waals surface area contributed by atoms with Crippen LogP contribution >= 0.6 is 28.1 Å². The second kappa shape index (κ2) is 11.1. The Balaban J connectivity index is 1.66. The van der Waals surface area contributed by atoms with Crippen molar-refractivity contribution in [1.82, 2.24) is 4.90 Å². The molecule has 0 bridgehead atoms. The Hall–Kier alpha value is -2.16. The molecule has 1 amide bonds. The number of hydrogen-bond acceptors (Lipinski definition) is 5. The number of anilines is 1. The maximum absolute atomic E-state index is 12.4. The van der Waals surface area contributed by atoms with Crippen LogP contribution in [0.15, 0.2) is 40.9 Å². The highest BCUT2D eigenvalue weighted by atomic mass is 79.9. The van der Waals surface area contributed by atoms with Gasteiger partial charge in [0, 0.05) is 28.8 Å². The van der Waals surface area contributed by atoms with Crippen molar-refractivity contribution in [2.24, 2.45) is 0 Å². The van der Waals surface area contributed by atoms with Gasteiger partial charge in [-0.2, -0.15) is 0 Å². The minimum absolute atomic E-state index is 0.124. The van der Waals surface area contributed by atoms with E-state index in [-0.39, 0.29) is 24.7 Å². The quantitative estimate of drug-likeness (QED) is 0.520. The Bertz CT molecular complexity index is 974. The maximum atomic E-state index is 12.4. The van der Waals surface area contributed by atoms with E-state index in [0.717, 1.165) is 39.4 Å². The van der Waals surface area contributed by atoms with Gasteiger partial charge in [-0.3, -0.25) is 4.79 Å². The van der Waals surface area contributed by atoms with Crippen molar-refractivity contribution >= 4 is 44.7 Å². The summed E-state index contributed by atoms with van der Waals surface area (Å²) in [6, 6.07) is 11.2. The summed E-state index contributed by atoms with van der Waals surface area (Å²) in [5, 5.41) is 2.85. The molecule has 1 fully saturated rings. The van der Waals surface area contributed by atoms with E-state index >= 15 is 0 Å². The Kier molecular flexibility index (Phi) is 8.51. The van der Waals surface area contributed by atoms with Crippen LogP contribution in [-0.2, 0) is 9.53 Å². The molecule has 2 atom stereocenters. The van der Waals surface area contributed by atoms with Gasteiger partial charge in [0.2, 0.25) is 0 Å². The lowest BCUT2D eigenvalue weighted by atomic mass is 10.1. The Morgan fingerprint density at radius 3 is 2.53 bits per heavy atom. The molecule has 172 valence electrons. The average Bonchev–Trinajstić information content (AvgIpc) is 2.74. The summed E-state index contributed by atoms with van der Waals surface area (Å²) in [5.74, 6) is 0.823. The number of benzene rings is 2. The number of ether oxygens (including phenoxy) is 3. The van der Waals surface area contributed by atoms with Gasteiger partial charge in [0.25, 0.3) is 5.91 Å². The number of hydrogen-bond donors (Lipinski definition) is 1. The van der Waals surface area contributed by atoms with E-state index in [2.05, 4.69) is 40.0 Å². The van der Waals surface area contributed by atoms with Gasteiger partial charge in [0.1, 0.15) is 4.99 Å². The maximum Gasteiger partial charge on any atom is 0.262 e. The van der Waals surface area contributed by atoms with E-state index in [4.69, 9.17) is 26.4 Å². The second-order valence-corrected chi connectivity index (χ2v) is 9.10. The zero-order valence-corrected chi connectivity index (χ0v) is 21.2. The summed E-state index contributed by atoms with van der Waals surface area (Å²) in [5.41, 5.74) is 2.64. The molecule has 0 saturated carbocycles. The van der Waals surface area contributed by atoms with Gasteiger partial charge >= 0.3 is 0 Å². The first kappa shape index (κ1) is 24.5. The van der Waals surface area contributed by atoms with Gasteiger partial charge in [-0.05, 0) is 69.7 Å². The second-order valence-electron chi connectivity index (χ2n) is 7.86. The molecule has 8 heteroatoms. The molecule has 0 aromatic heterocycles. The summed E-state index contributed by atoms with van der Waals surface area (Å²) in [4.78, 5) is 15.3. The normalized spacial score (nSPS) is 18.2. The molecular formula is C24H29BrN2O4S. The highest BCUT2D eigenvalue weighted by Gasteiger charge is 2.25. The molecule has 3 rings (SSSR count). The van der Waals surface area contributed by atoms with Gasteiger partial charge in [-0.15, -0.1) is 0 Å². The van der Waals surface area contributed by atoms with Crippen LogP contribution in [-0.4, -0.2) is 54.3 Å². The standard InChI is InChI=1S/C24H29BrN2O4S/c1-5-29-22-11-18(24(32)27-12-16(3)31-17(4)13-27)6-9-21(22)30-14-23(28)26-19-7-8-20(25)15(2)10-19/h6-11,16-17H,5,12-14H2,1-4H3,(H,26,28)/t16-,17-/m1/s1. The molecule has 1 heterocycles. The number of rotatable bonds is 7. The molecule has 2 aromatic carbocycles. The topological polar surface area (TPSA) is 60.0 Å². The van der Waals surface area contributed by atoms with Crippen LogP contribution in [0.4, 0.5) is 5.69 Å². The first-order valence-corrected chi connectivity index (χ1v) is 11.9. The van der Waals surface area contributed by atoms with Crippen LogP contribution in [0.5, 0.6) is 11.5 Å². The van der Waals surface area contributed by atoms with Gasteiger partial charge in [0.15, 0.2) is 18.1 Å². The number of nitrogens with zero attached hydrogens (tertiary/aromatic N) is 1. The van der Waals surface area contributed by atoms with E-state index in [1.54, 1.807) is 6.07 Å². The smallest absolute Gasteiger partial charge is 0.262 e. The van der Waals surface area contributed by atoms with Crippen LogP contribution in [0.2, 0.25) is 0 Å². The summed E-state index contributed by atoms with van der Waals surface area (Å²) in [7, 11) is 0. The van der Waals surface area contributed by atoms with Crippen LogP contribution in [0, 0.1) is 6.92 Å². The first-order chi connectivity index (χ1) is 15.3. The minimum Gasteiger partial charge on any atom is -0.490 e. The van der Waals surface area contributed by atoms with Crippen LogP contribution in [0.1, 0.15) is 31.9 Å². The molecule has 0 radical (unpaired) electrons. The predicted molar refractivity (Wildman–Crippen MR) is 134 cm³/mol. The van der Waals surface area contributed by atoms with E-state index in [1.165, 1.54) is 0 Å².